The maximum absolute atomic E-state index is 11.1. The van der Waals surface area contributed by atoms with Crippen LogP contribution in [0.4, 0.5) is 0 Å². The predicted octanol–water partition coefficient (Wildman–Crippen LogP) is 1.32. The van der Waals surface area contributed by atoms with E-state index < -0.39 is 12.0 Å². The molecule has 0 aromatic heterocycles. The Bertz CT molecular complexity index is 201. The summed E-state index contributed by atoms with van der Waals surface area (Å²) >= 11 is 0. The van der Waals surface area contributed by atoms with E-state index in [1.54, 1.807) is 0 Å². The van der Waals surface area contributed by atoms with Gasteiger partial charge < -0.3 is 15.3 Å². The van der Waals surface area contributed by atoms with E-state index in [1.807, 2.05) is 0 Å². The molecule has 0 spiro atoms. The van der Waals surface area contributed by atoms with Crippen LogP contribution < -0.4 is 5.32 Å². The number of rotatable bonds is 6. The van der Waals surface area contributed by atoms with Crippen LogP contribution in [0, 0.1) is 0 Å². The Morgan fingerprint density at radius 3 is 2.44 bits per heavy atom. The lowest BCUT2D eigenvalue weighted by Crippen LogP contribution is -2.46. The van der Waals surface area contributed by atoms with Crippen LogP contribution in [0.15, 0.2) is 0 Å². The average molecular weight is 228 g/mol. The summed E-state index contributed by atoms with van der Waals surface area (Å²) < 4.78 is 0. The fraction of sp³-hybridized carbons (Fsp3) is 0.917. The van der Waals surface area contributed by atoms with Crippen molar-refractivity contribution >= 4 is 5.97 Å². The molecule has 1 heterocycles. The van der Waals surface area contributed by atoms with Crippen molar-refractivity contribution in [1.82, 2.24) is 10.2 Å². The van der Waals surface area contributed by atoms with Crippen molar-refractivity contribution in [2.75, 3.05) is 26.2 Å². The molecule has 1 saturated heterocycles. The molecule has 1 unspecified atom stereocenters. The topological polar surface area (TPSA) is 52.6 Å². The highest BCUT2D eigenvalue weighted by molar-refractivity contribution is 5.73. The minimum absolute atomic E-state index is 0.405. The monoisotopic (exact) mass is 228 g/mol. The average Bonchev–Trinajstić information content (AvgIpc) is 2.52. The summed E-state index contributed by atoms with van der Waals surface area (Å²) in [5, 5.41) is 12.2. The molecule has 0 aromatic carbocycles. The number of nitrogens with one attached hydrogen (secondary N) is 1. The molecular formula is C12H24N2O2. The quantitative estimate of drug-likeness (QED) is 0.720. The number of carboxylic acid groups (broad SMARTS) is 1. The van der Waals surface area contributed by atoms with Crippen LogP contribution >= 0.6 is 0 Å². The number of aliphatic carboxylic acids is 1. The zero-order chi connectivity index (χ0) is 11.8. The molecule has 1 rings (SSSR count). The maximum Gasteiger partial charge on any atom is 0.322 e. The van der Waals surface area contributed by atoms with E-state index in [0.29, 0.717) is 6.54 Å². The molecule has 0 saturated carbocycles. The van der Waals surface area contributed by atoms with Gasteiger partial charge >= 0.3 is 5.97 Å². The normalized spacial score (nSPS) is 20.3. The summed E-state index contributed by atoms with van der Waals surface area (Å²) in [6.45, 7) is 5.59. The van der Waals surface area contributed by atoms with E-state index in [0.717, 1.165) is 26.1 Å². The van der Waals surface area contributed by atoms with Gasteiger partial charge in [-0.2, -0.15) is 0 Å². The maximum atomic E-state index is 11.1. The molecule has 1 fully saturated rings. The second-order valence-electron chi connectivity index (χ2n) is 4.56. The molecule has 4 nitrogen and oxygen atoms in total. The molecular weight excluding hydrogens is 204 g/mol. The zero-order valence-electron chi connectivity index (χ0n) is 10.2. The molecule has 0 aliphatic carbocycles. The van der Waals surface area contributed by atoms with Gasteiger partial charge in [-0.3, -0.25) is 4.79 Å². The summed E-state index contributed by atoms with van der Waals surface area (Å²) in [5.41, 5.74) is 0. The third kappa shape index (κ3) is 4.94. The fourth-order valence-electron chi connectivity index (χ4n) is 2.13. The van der Waals surface area contributed by atoms with E-state index in [1.165, 1.54) is 25.7 Å². The molecule has 0 radical (unpaired) electrons. The van der Waals surface area contributed by atoms with Crippen LogP contribution in [0.2, 0.25) is 0 Å². The van der Waals surface area contributed by atoms with E-state index >= 15 is 0 Å². The zero-order valence-corrected chi connectivity index (χ0v) is 10.2. The number of hydrogen-bond acceptors (Lipinski definition) is 3. The number of hydrogen-bond donors (Lipinski definition) is 2. The molecule has 2 N–H and O–H groups in total. The molecule has 0 aromatic rings. The van der Waals surface area contributed by atoms with Crippen LogP contribution in [0.3, 0.4) is 0 Å². The minimum atomic E-state index is -0.724. The molecule has 4 heteroatoms. The van der Waals surface area contributed by atoms with Crippen LogP contribution in [-0.2, 0) is 4.79 Å². The Hall–Kier alpha value is -0.610. The lowest BCUT2D eigenvalue weighted by molar-refractivity contribution is -0.140. The fourth-order valence-corrected chi connectivity index (χ4v) is 2.13. The molecule has 0 amide bonds. The Kier molecular flexibility index (Phi) is 6.42. The second-order valence-corrected chi connectivity index (χ2v) is 4.56. The van der Waals surface area contributed by atoms with Crippen molar-refractivity contribution in [3.05, 3.63) is 0 Å². The van der Waals surface area contributed by atoms with Crippen LogP contribution in [0.1, 0.15) is 39.0 Å². The first-order valence-electron chi connectivity index (χ1n) is 6.42. The minimum Gasteiger partial charge on any atom is -0.480 e. The molecule has 94 valence electrons. The van der Waals surface area contributed by atoms with E-state index in [9.17, 15) is 4.79 Å². The van der Waals surface area contributed by atoms with Gasteiger partial charge in [0.2, 0.25) is 0 Å². The molecule has 0 bridgehead atoms. The summed E-state index contributed by atoms with van der Waals surface area (Å²) in [6.07, 6.45) is 5.97. The predicted molar refractivity (Wildman–Crippen MR) is 64.6 cm³/mol. The molecule has 1 aliphatic heterocycles. The van der Waals surface area contributed by atoms with Crippen molar-refractivity contribution in [3.63, 3.8) is 0 Å². The Morgan fingerprint density at radius 2 is 1.94 bits per heavy atom. The molecule has 1 aliphatic rings. The van der Waals surface area contributed by atoms with Crippen LogP contribution in [0.25, 0.3) is 0 Å². The summed E-state index contributed by atoms with van der Waals surface area (Å²) in [6, 6.07) is -0.405. The number of likely N-dealkylation sites (tertiary alicyclic amines) is 1. The van der Waals surface area contributed by atoms with Crippen molar-refractivity contribution in [2.24, 2.45) is 0 Å². The summed E-state index contributed by atoms with van der Waals surface area (Å²) in [7, 11) is 0. The smallest absolute Gasteiger partial charge is 0.322 e. The van der Waals surface area contributed by atoms with Gasteiger partial charge in [-0.05, 0) is 38.9 Å². The van der Waals surface area contributed by atoms with Gasteiger partial charge in [0.25, 0.3) is 0 Å². The van der Waals surface area contributed by atoms with Crippen LogP contribution in [-0.4, -0.2) is 48.2 Å². The first-order chi connectivity index (χ1) is 7.74. The largest absolute Gasteiger partial charge is 0.480 e. The highest BCUT2D eigenvalue weighted by Crippen LogP contribution is 2.09. The first kappa shape index (κ1) is 13.5. The number of carbonyl (C=O) groups is 1. The Balaban J connectivity index is 2.36. The standard InChI is InChI=1S/C12H24N2O2/c1-2-7-13-11(12(15)16)10-14-8-5-3-4-6-9-14/h11,13H,2-10H2,1H3,(H,15,16). The van der Waals surface area contributed by atoms with Crippen LogP contribution in [0.5, 0.6) is 0 Å². The van der Waals surface area contributed by atoms with Crippen molar-refractivity contribution < 1.29 is 9.90 Å². The number of carboxylic acids is 1. The van der Waals surface area contributed by atoms with Gasteiger partial charge in [-0.1, -0.05) is 19.8 Å². The molecule has 1 atom stereocenters. The van der Waals surface area contributed by atoms with Gasteiger partial charge in [0.1, 0.15) is 6.04 Å². The second kappa shape index (κ2) is 7.63. The summed E-state index contributed by atoms with van der Waals surface area (Å²) in [4.78, 5) is 13.4. The lowest BCUT2D eigenvalue weighted by atomic mass is 10.2. The van der Waals surface area contributed by atoms with Crippen molar-refractivity contribution in [2.45, 2.75) is 45.1 Å². The van der Waals surface area contributed by atoms with E-state index in [-0.39, 0.29) is 0 Å². The van der Waals surface area contributed by atoms with E-state index in [2.05, 4.69) is 17.1 Å². The first-order valence-corrected chi connectivity index (χ1v) is 6.42. The van der Waals surface area contributed by atoms with Gasteiger partial charge in [-0.15, -0.1) is 0 Å². The van der Waals surface area contributed by atoms with Gasteiger partial charge in [0.15, 0.2) is 0 Å². The third-order valence-electron chi connectivity index (χ3n) is 3.08. The SMILES string of the molecule is CCCNC(CN1CCCCCC1)C(=O)O. The van der Waals surface area contributed by atoms with Gasteiger partial charge in [0.05, 0.1) is 0 Å². The van der Waals surface area contributed by atoms with Gasteiger partial charge in [0, 0.05) is 6.54 Å². The molecule has 16 heavy (non-hydrogen) atoms. The number of nitrogens with zero attached hydrogens (tertiary/aromatic N) is 1. The lowest BCUT2D eigenvalue weighted by Gasteiger charge is -2.24. The summed E-state index contributed by atoms with van der Waals surface area (Å²) in [5.74, 6) is -0.724. The Labute approximate surface area is 98.0 Å². The van der Waals surface area contributed by atoms with Crippen molar-refractivity contribution in [1.29, 1.82) is 0 Å². The highest BCUT2D eigenvalue weighted by atomic mass is 16.4. The van der Waals surface area contributed by atoms with Crippen molar-refractivity contribution in [3.8, 4) is 0 Å². The van der Waals surface area contributed by atoms with E-state index in [4.69, 9.17) is 5.11 Å². The van der Waals surface area contributed by atoms with Gasteiger partial charge in [-0.25, -0.2) is 0 Å². The Morgan fingerprint density at radius 1 is 1.31 bits per heavy atom. The highest BCUT2D eigenvalue weighted by Gasteiger charge is 2.20. The third-order valence-corrected chi connectivity index (χ3v) is 3.08.